The lowest BCUT2D eigenvalue weighted by Crippen LogP contribution is -2.31. The minimum absolute atomic E-state index is 0.139. The van der Waals surface area contributed by atoms with E-state index in [0.29, 0.717) is 10.9 Å². The molecule has 2 rings (SSSR count). The Hall–Kier alpha value is -1.69. The van der Waals surface area contributed by atoms with Gasteiger partial charge in [-0.1, -0.05) is 15.9 Å². The number of hydrogen-bond acceptors (Lipinski definition) is 3. The Bertz CT molecular complexity index is 692. The summed E-state index contributed by atoms with van der Waals surface area (Å²) in [5.41, 5.74) is 0.290. The van der Waals surface area contributed by atoms with E-state index in [4.69, 9.17) is 0 Å². The van der Waals surface area contributed by atoms with E-state index in [1.165, 1.54) is 9.47 Å². The number of carbonyl (C=O) groups excluding carboxylic acids is 1. The smallest absolute Gasteiger partial charge is 0.289 e. The summed E-state index contributed by atoms with van der Waals surface area (Å²) >= 11 is 3.31. The average molecular weight is 310 g/mol. The molecule has 1 heterocycles. The van der Waals surface area contributed by atoms with Gasteiger partial charge in [0.05, 0.1) is 10.9 Å². The molecule has 94 valence electrons. The Balaban J connectivity index is 2.80. The lowest BCUT2D eigenvalue weighted by molar-refractivity contribution is 0.0811. The standard InChI is InChI=1S/C12H12BrN3O2/c1-15(2)12(18)10-14-9-5-4-7(13)6-8(9)11(17)16(10)3/h4-6H,1-3H3. The summed E-state index contributed by atoms with van der Waals surface area (Å²) in [5, 5.41) is 0.488. The van der Waals surface area contributed by atoms with E-state index in [1.807, 2.05) is 0 Å². The molecule has 0 saturated heterocycles. The number of carbonyl (C=O) groups is 1. The van der Waals surface area contributed by atoms with Gasteiger partial charge in [0, 0.05) is 25.6 Å². The van der Waals surface area contributed by atoms with Crippen LogP contribution in [0, 0.1) is 0 Å². The minimum Gasteiger partial charge on any atom is -0.342 e. The molecule has 0 aliphatic carbocycles. The molecular formula is C12H12BrN3O2. The first-order chi connectivity index (χ1) is 8.41. The highest BCUT2D eigenvalue weighted by molar-refractivity contribution is 9.10. The number of hydrogen-bond donors (Lipinski definition) is 0. The second-order valence-corrected chi connectivity index (χ2v) is 5.08. The maximum atomic E-state index is 12.2. The molecule has 5 nitrogen and oxygen atoms in total. The van der Waals surface area contributed by atoms with E-state index in [-0.39, 0.29) is 17.3 Å². The van der Waals surface area contributed by atoms with Crippen molar-refractivity contribution in [3.63, 3.8) is 0 Å². The van der Waals surface area contributed by atoms with Crippen LogP contribution >= 0.6 is 15.9 Å². The molecule has 0 spiro atoms. The molecule has 0 unspecified atom stereocenters. The van der Waals surface area contributed by atoms with Crippen LogP contribution in [-0.2, 0) is 7.05 Å². The first kappa shape index (κ1) is 12.8. The number of amides is 1. The van der Waals surface area contributed by atoms with Crippen LogP contribution in [0.1, 0.15) is 10.6 Å². The van der Waals surface area contributed by atoms with Gasteiger partial charge in [-0.3, -0.25) is 14.2 Å². The summed E-state index contributed by atoms with van der Waals surface area (Å²) in [6.07, 6.45) is 0. The molecule has 0 radical (unpaired) electrons. The van der Waals surface area contributed by atoms with Crippen LogP contribution in [0.4, 0.5) is 0 Å². The van der Waals surface area contributed by atoms with E-state index in [9.17, 15) is 9.59 Å². The Morgan fingerprint density at radius 1 is 1.39 bits per heavy atom. The Labute approximate surface area is 112 Å². The van der Waals surface area contributed by atoms with Gasteiger partial charge >= 0.3 is 0 Å². The number of benzene rings is 1. The van der Waals surface area contributed by atoms with Crippen molar-refractivity contribution in [1.82, 2.24) is 14.5 Å². The van der Waals surface area contributed by atoms with Crippen LogP contribution in [0.25, 0.3) is 10.9 Å². The number of rotatable bonds is 1. The molecule has 0 fully saturated rings. The third kappa shape index (κ3) is 2.03. The fourth-order valence-corrected chi connectivity index (χ4v) is 2.00. The van der Waals surface area contributed by atoms with Crippen LogP contribution in [0.5, 0.6) is 0 Å². The monoisotopic (exact) mass is 309 g/mol. The summed E-state index contributed by atoms with van der Waals surface area (Å²) in [6.45, 7) is 0. The quantitative estimate of drug-likeness (QED) is 0.800. The van der Waals surface area contributed by atoms with E-state index >= 15 is 0 Å². The van der Waals surface area contributed by atoms with Crippen LogP contribution in [-0.4, -0.2) is 34.5 Å². The number of nitrogens with zero attached hydrogens (tertiary/aromatic N) is 3. The molecule has 1 aromatic carbocycles. The number of halogens is 1. The summed E-state index contributed by atoms with van der Waals surface area (Å²) in [7, 11) is 4.80. The highest BCUT2D eigenvalue weighted by atomic mass is 79.9. The Morgan fingerprint density at radius 2 is 2.06 bits per heavy atom. The normalized spacial score (nSPS) is 10.7. The third-order valence-corrected chi connectivity index (χ3v) is 3.13. The molecule has 0 aliphatic heterocycles. The highest BCUT2D eigenvalue weighted by Crippen LogP contribution is 2.15. The van der Waals surface area contributed by atoms with Crippen LogP contribution in [0.3, 0.4) is 0 Å². The van der Waals surface area contributed by atoms with Gasteiger partial charge in [0.15, 0.2) is 0 Å². The molecule has 0 atom stereocenters. The van der Waals surface area contributed by atoms with Gasteiger partial charge in [0.2, 0.25) is 5.82 Å². The summed E-state index contributed by atoms with van der Waals surface area (Å²) in [5.74, 6) is -0.153. The molecule has 2 aromatic rings. The molecule has 18 heavy (non-hydrogen) atoms. The van der Waals surface area contributed by atoms with E-state index in [2.05, 4.69) is 20.9 Å². The van der Waals surface area contributed by atoms with Crippen LogP contribution in [0.2, 0.25) is 0 Å². The molecule has 6 heteroatoms. The minimum atomic E-state index is -0.292. The van der Waals surface area contributed by atoms with Crippen molar-refractivity contribution in [2.45, 2.75) is 0 Å². The topological polar surface area (TPSA) is 55.2 Å². The molecule has 0 saturated carbocycles. The fraction of sp³-hybridized carbons (Fsp3) is 0.250. The van der Waals surface area contributed by atoms with E-state index in [0.717, 1.165) is 4.47 Å². The molecular weight excluding hydrogens is 298 g/mol. The maximum absolute atomic E-state index is 12.2. The van der Waals surface area contributed by atoms with Crippen LogP contribution in [0.15, 0.2) is 27.5 Å². The van der Waals surface area contributed by atoms with Crippen molar-refractivity contribution in [3.8, 4) is 0 Å². The zero-order valence-electron chi connectivity index (χ0n) is 10.3. The van der Waals surface area contributed by atoms with Crippen molar-refractivity contribution < 1.29 is 4.79 Å². The molecule has 0 bridgehead atoms. The first-order valence-corrected chi connectivity index (χ1v) is 6.09. The number of aromatic nitrogens is 2. The zero-order chi connectivity index (χ0) is 13.4. The lowest BCUT2D eigenvalue weighted by atomic mass is 10.2. The Morgan fingerprint density at radius 3 is 2.67 bits per heavy atom. The summed E-state index contributed by atoms with van der Waals surface area (Å²) < 4.78 is 2.08. The van der Waals surface area contributed by atoms with E-state index in [1.54, 1.807) is 39.3 Å². The SMILES string of the molecule is CN(C)C(=O)c1nc2ccc(Br)cc2c(=O)n1C. The molecule has 1 aromatic heterocycles. The maximum Gasteiger partial charge on any atom is 0.289 e. The first-order valence-electron chi connectivity index (χ1n) is 5.29. The van der Waals surface area contributed by atoms with Gasteiger partial charge in [-0.05, 0) is 18.2 Å². The third-order valence-electron chi connectivity index (χ3n) is 2.64. The Kier molecular flexibility index (Phi) is 3.21. The second kappa shape index (κ2) is 4.53. The van der Waals surface area contributed by atoms with E-state index < -0.39 is 0 Å². The lowest BCUT2D eigenvalue weighted by Gasteiger charge is -2.13. The molecule has 0 aliphatic rings. The van der Waals surface area contributed by atoms with Gasteiger partial charge in [0.1, 0.15) is 0 Å². The highest BCUT2D eigenvalue weighted by Gasteiger charge is 2.16. The number of fused-ring (bicyclic) bond motifs is 1. The molecule has 0 N–H and O–H groups in total. The van der Waals surface area contributed by atoms with Crippen LogP contribution < -0.4 is 5.56 Å². The van der Waals surface area contributed by atoms with Crippen molar-refractivity contribution in [2.75, 3.05) is 14.1 Å². The second-order valence-electron chi connectivity index (χ2n) is 4.16. The van der Waals surface area contributed by atoms with Gasteiger partial charge in [-0.15, -0.1) is 0 Å². The predicted octanol–water partition coefficient (Wildman–Crippen LogP) is 1.40. The van der Waals surface area contributed by atoms with Gasteiger partial charge in [-0.2, -0.15) is 0 Å². The van der Waals surface area contributed by atoms with Gasteiger partial charge < -0.3 is 4.90 Å². The fourth-order valence-electron chi connectivity index (χ4n) is 1.63. The van der Waals surface area contributed by atoms with Crippen molar-refractivity contribution in [3.05, 3.63) is 38.9 Å². The average Bonchev–Trinajstić information content (AvgIpc) is 2.33. The van der Waals surface area contributed by atoms with Crippen molar-refractivity contribution in [2.24, 2.45) is 7.05 Å². The van der Waals surface area contributed by atoms with Crippen molar-refractivity contribution >= 4 is 32.7 Å². The predicted molar refractivity (Wildman–Crippen MR) is 72.7 cm³/mol. The van der Waals surface area contributed by atoms with Crippen molar-refractivity contribution in [1.29, 1.82) is 0 Å². The van der Waals surface area contributed by atoms with Gasteiger partial charge in [0.25, 0.3) is 11.5 Å². The van der Waals surface area contributed by atoms with Gasteiger partial charge in [-0.25, -0.2) is 4.98 Å². The summed E-state index contributed by atoms with van der Waals surface area (Å²) in [6, 6.07) is 5.21. The molecule has 1 amide bonds. The largest absolute Gasteiger partial charge is 0.342 e. The summed E-state index contributed by atoms with van der Waals surface area (Å²) in [4.78, 5) is 29.7. The zero-order valence-corrected chi connectivity index (χ0v) is 11.9.